The lowest BCUT2D eigenvalue weighted by atomic mass is 9.86. The number of nitrogens with two attached hydrogens (primary N) is 1. The third kappa shape index (κ3) is 7.33. The maximum absolute atomic E-state index is 14.2. The zero-order chi connectivity index (χ0) is 33.1. The zero-order valence-corrected chi connectivity index (χ0v) is 26.9. The molecule has 0 radical (unpaired) electrons. The monoisotopic (exact) mass is 659 g/mol. The molecule has 16 heteroatoms. The third-order valence-electron chi connectivity index (χ3n) is 7.96. The lowest BCUT2D eigenvalue weighted by Crippen LogP contribution is -2.45. The Hall–Kier alpha value is -4.04. The van der Waals surface area contributed by atoms with Crippen LogP contribution in [0, 0.1) is 5.92 Å². The van der Waals surface area contributed by atoms with Gasteiger partial charge in [-0.15, -0.1) is 0 Å². The highest BCUT2D eigenvalue weighted by Crippen LogP contribution is 2.48. The van der Waals surface area contributed by atoms with Gasteiger partial charge in [0.15, 0.2) is 18.0 Å². The first-order chi connectivity index (χ1) is 21.9. The van der Waals surface area contributed by atoms with Gasteiger partial charge in [-0.2, -0.15) is 10.2 Å². The smallest absolute Gasteiger partial charge is 0.459 e. The molecule has 0 spiro atoms. The highest BCUT2D eigenvalue weighted by atomic mass is 31.2. The van der Waals surface area contributed by atoms with Crippen LogP contribution >= 0.6 is 7.75 Å². The topological polar surface area (TPSA) is 192 Å². The van der Waals surface area contributed by atoms with Crippen LogP contribution in [-0.2, 0) is 48.0 Å². The molecule has 2 fully saturated rings. The molecular weight excluding hydrogens is 621 g/mol. The highest BCUT2D eigenvalue weighted by Gasteiger charge is 2.59. The maximum atomic E-state index is 14.2. The van der Waals surface area contributed by atoms with Crippen molar-refractivity contribution in [1.82, 2.24) is 19.7 Å². The summed E-state index contributed by atoms with van der Waals surface area (Å²) in [5, 5.41) is 6.94. The first-order valence-electron chi connectivity index (χ1n) is 14.9. The Balaban J connectivity index is 1.42. The van der Waals surface area contributed by atoms with Crippen molar-refractivity contribution in [3.8, 4) is 5.75 Å². The van der Waals surface area contributed by atoms with Gasteiger partial charge in [-0.05, 0) is 56.9 Å². The van der Waals surface area contributed by atoms with Gasteiger partial charge in [0, 0.05) is 13.8 Å². The average molecular weight is 660 g/mol. The maximum Gasteiger partial charge on any atom is 0.459 e. The fraction of sp³-hybridized carbons (Fsp3) is 0.500. The number of hydrogen-bond donors (Lipinski definition) is 2. The molecule has 2 aromatic heterocycles. The number of carbonyl (C=O) groups is 3. The quantitative estimate of drug-likeness (QED) is 0.154. The lowest BCUT2D eigenvalue weighted by molar-refractivity contribution is -0.168. The van der Waals surface area contributed by atoms with Gasteiger partial charge in [-0.1, -0.05) is 24.6 Å². The fourth-order valence-corrected chi connectivity index (χ4v) is 6.97. The van der Waals surface area contributed by atoms with Crippen molar-refractivity contribution in [1.29, 1.82) is 0 Å². The van der Waals surface area contributed by atoms with Crippen LogP contribution in [-0.4, -0.2) is 70.1 Å². The first-order valence-corrected chi connectivity index (χ1v) is 16.5. The lowest BCUT2D eigenvalue weighted by Gasteiger charge is -2.30. The van der Waals surface area contributed by atoms with Crippen molar-refractivity contribution in [3.05, 3.63) is 54.5 Å². The van der Waals surface area contributed by atoms with Gasteiger partial charge >= 0.3 is 25.7 Å². The fourth-order valence-electron chi connectivity index (χ4n) is 5.46. The van der Waals surface area contributed by atoms with Crippen molar-refractivity contribution in [2.75, 3.05) is 18.9 Å². The molecule has 1 unspecified atom stereocenters. The van der Waals surface area contributed by atoms with E-state index in [0.29, 0.717) is 17.1 Å². The Morgan fingerprint density at radius 3 is 2.48 bits per heavy atom. The number of aromatic nitrogens is 3. The van der Waals surface area contributed by atoms with Gasteiger partial charge in [0.2, 0.25) is 0 Å². The van der Waals surface area contributed by atoms with Crippen LogP contribution in [0.15, 0.2) is 48.8 Å². The number of nitrogens with zero attached hydrogens (tertiary/aromatic N) is 3. The highest BCUT2D eigenvalue weighted by molar-refractivity contribution is 7.52. The van der Waals surface area contributed by atoms with Crippen LogP contribution in [0.25, 0.3) is 5.52 Å². The molecule has 1 aliphatic carbocycles. The molecule has 1 aliphatic heterocycles. The summed E-state index contributed by atoms with van der Waals surface area (Å²) in [4.78, 5) is 41.4. The summed E-state index contributed by atoms with van der Waals surface area (Å²) in [6, 6.07) is 10.5. The Morgan fingerprint density at radius 2 is 1.83 bits per heavy atom. The Labute approximate surface area is 265 Å². The van der Waals surface area contributed by atoms with Crippen molar-refractivity contribution in [2.45, 2.75) is 76.9 Å². The van der Waals surface area contributed by atoms with E-state index in [4.69, 9.17) is 33.7 Å². The number of para-hydroxylation sites is 1. The van der Waals surface area contributed by atoms with Gasteiger partial charge in [-0.25, -0.2) is 14.1 Å². The van der Waals surface area contributed by atoms with E-state index in [9.17, 15) is 18.9 Å². The number of rotatable bonds is 13. The molecule has 0 bridgehead atoms. The number of carbonyl (C=O) groups excluding carboxylic acids is 3. The van der Waals surface area contributed by atoms with E-state index in [1.165, 1.54) is 31.6 Å². The SMILES string of the molecule is CC(=O)O[C@H]1[C@@H](OC(C)=O)[C@](C)(c2ccc3c(N)ncnn23)O[C@@H]1COP(=O)(N[C@@H](C)C(=O)OCC1CCC1)Oc1ccccc1. The molecule has 0 amide bonds. The minimum Gasteiger partial charge on any atom is -0.464 e. The number of esters is 3. The summed E-state index contributed by atoms with van der Waals surface area (Å²) in [5.41, 5.74) is 5.45. The third-order valence-corrected chi connectivity index (χ3v) is 9.60. The normalized spacial score (nSPS) is 24.8. The van der Waals surface area contributed by atoms with Gasteiger partial charge in [-0.3, -0.25) is 18.9 Å². The van der Waals surface area contributed by atoms with E-state index in [1.807, 2.05) is 0 Å². The van der Waals surface area contributed by atoms with Crippen molar-refractivity contribution in [3.63, 3.8) is 0 Å². The second-order valence-corrected chi connectivity index (χ2v) is 13.2. The summed E-state index contributed by atoms with van der Waals surface area (Å²) < 4.78 is 50.5. The summed E-state index contributed by atoms with van der Waals surface area (Å²) in [6.45, 7) is 5.32. The Morgan fingerprint density at radius 1 is 1.11 bits per heavy atom. The van der Waals surface area contributed by atoms with E-state index in [1.54, 1.807) is 49.4 Å². The summed E-state index contributed by atoms with van der Waals surface area (Å²) in [7, 11) is -4.32. The molecule has 248 valence electrons. The molecule has 3 heterocycles. The van der Waals surface area contributed by atoms with E-state index < -0.39 is 62.2 Å². The van der Waals surface area contributed by atoms with E-state index >= 15 is 0 Å². The van der Waals surface area contributed by atoms with Crippen LogP contribution < -0.4 is 15.3 Å². The van der Waals surface area contributed by atoms with Crippen LogP contribution in [0.4, 0.5) is 5.82 Å². The minimum absolute atomic E-state index is 0.203. The molecule has 15 nitrogen and oxygen atoms in total. The molecule has 3 N–H and O–H groups in total. The van der Waals surface area contributed by atoms with Crippen molar-refractivity contribution in [2.24, 2.45) is 5.92 Å². The van der Waals surface area contributed by atoms with Crippen molar-refractivity contribution >= 4 is 37.0 Å². The summed E-state index contributed by atoms with van der Waals surface area (Å²) >= 11 is 0. The predicted octanol–water partition coefficient (Wildman–Crippen LogP) is 3.31. The average Bonchev–Trinajstić information content (AvgIpc) is 3.52. The predicted molar refractivity (Wildman–Crippen MR) is 162 cm³/mol. The summed E-state index contributed by atoms with van der Waals surface area (Å²) in [5.74, 6) is -1.24. The van der Waals surface area contributed by atoms with Crippen molar-refractivity contribution < 1.29 is 46.9 Å². The molecule has 1 aromatic carbocycles. The number of nitrogen functional groups attached to an aromatic ring is 1. The molecule has 1 saturated carbocycles. The molecular formula is C30H38N5O10P. The van der Waals surface area contributed by atoms with Crippen LogP contribution in [0.5, 0.6) is 5.75 Å². The van der Waals surface area contributed by atoms with E-state index in [0.717, 1.165) is 19.3 Å². The van der Waals surface area contributed by atoms with Crippen LogP contribution in [0.3, 0.4) is 0 Å². The molecule has 3 aromatic rings. The number of anilines is 1. The largest absolute Gasteiger partial charge is 0.464 e. The molecule has 2 aliphatic rings. The van der Waals surface area contributed by atoms with Gasteiger partial charge < -0.3 is 29.2 Å². The second-order valence-electron chi connectivity index (χ2n) is 11.5. The van der Waals surface area contributed by atoms with Gasteiger partial charge in [0.25, 0.3) is 0 Å². The molecule has 6 atom stereocenters. The minimum atomic E-state index is -4.32. The number of fused-ring (bicyclic) bond motifs is 1. The van der Waals surface area contributed by atoms with E-state index in [-0.39, 0.29) is 18.2 Å². The summed E-state index contributed by atoms with van der Waals surface area (Å²) in [6.07, 6.45) is 0.790. The number of hydrogen-bond acceptors (Lipinski definition) is 13. The second kappa shape index (κ2) is 13.8. The number of benzene rings is 1. The first kappa shape index (κ1) is 33.3. The number of ether oxygens (including phenoxy) is 4. The van der Waals surface area contributed by atoms with Crippen LogP contribution in [0.2, 0.25) is 0 Å². The van der Waals surface area contributed by atoms with Gasteiger partial charge in [0.05, 0.1) is 18.9 Å². The Bertz CT molecular complexity index is 1620. The van der Waals surface area contributed by atoms with E-state index in [2.05, 4.69) is 15.2 Å². The number of nitrogens with one attached hydrogen (secondary N) is 1. The zero-order valence-electron chi connectivity index (χ0n) is 26.0. The molecule has 1 saturated heterocycles. The molecule has 5 rings (SSSR count). The molecule has 46 heavy (non-hydrogen) atoms. The Kier molecular flexibility index (Phi) is 9.96. The van der Waals surface area contributed by atoms with Crippen LogP contribution in [0.1, 0.15) is 52.7 Å². The van der Waals surface area contributed by atoms with Gasteiger partial charge in [0.1, 0.15) is 35.3 Å². The standard InChI is InChI=1S/C30H38N5O10P/c1-18(29(38)40-15-21-9-8-10-21)34-46(39,45-22-11-6-5-7-12-22)41-16-24-26(42-19(2)36)27(43-20(3)37)30(4,44-24)25-14-13-23-28(31)32-17-33-35(23)25/h5-7,11-14,17-18,21,24,26-27H,8-10,15-16H2,1-4H3,(H,34,39)(H2,31,32,33)/t18-,24+,26+,27+,30-,46?/m0/s1.